The number of likely N-dealkylation sites (N-methyl/N-ethyl adjacent to an activating group) is 1. The van der Waals surface area contributed by atoms with Gasteiger partial charge in [-0.15, -0.1) is 0 Å². The molecule has 0 spiro atoms. The largest absolute Gasteiger partial charge is 0.416 e. The Kier molecular flexibility index (Phi) is 5.04. The number of carbonyl (C=O) groups is 1. The van der Waals surface area contributed by atoms with Crippen LogP contribution in [0, 0.1) is 6.92 Å². The van der Waals surface area contributed by atoms with Crippen molar-refractivity contribution < 1.29 is 18.0 Å². The minimum Gasteiger partial charge on any atom is -0.325 e. The summed E-state index contributed by atoms with van der Waals surface area (Å²) in [5.41, 5.74) is 4.39. The van der Waals surface area contributed by atoms with Crippen molar-refractivity contribution in [3.8, 4) is 11.3 Å². The summed E-state index contributed by atoms with van der Waals surface area (Å²) < 4.78 is 39.6. The van der Waals surface area contributed by atoms with Gasteiger partial charge < -0.3 is 15.5 Å². The van der Waals surface area contributed by atoms with Crippen molar-refractivity contribution >= 4 is 23.2 Å². The molecular weight excluding hydrogens is 433 g/mol. The number of benzene rings is 1. The molecule has 10 heteroatoms. The van der Waals surface area contributed by atoms with Crippen LogP contribution in [0.5, 0.6) is 0 Å². The van der Waals surface area contributed by atoms with Crippen LogP contribution >= 0.6 is 0 Å². The van der Waals surface area contributed by atoms with Gasteiger partial charge in [0.05, 0.1) is 34.7 Å². The fraction of sp³-hybridized carbons (Fsp3) is 0.304. The molecule has 1 aromatic carbocycles. The standard InChI is InChI=1S/C23H21F3N6O/c1-12-18(7-14-11-32(2)6-5-17(14)28-12)30-22-27-10-13-8-20(33)29-19-9-15(23(24,25)26)3-4-16(19)21(13)31-22/h3-4,7,9-10H,5-6,8,11H2,1-2H3,(H,29,33)(H,27,30,31). The van der Waals surface area contributed by atoms with Crippen molar-refractivity contribution in [2.75, 3.05) is 24.2 Å². The molecule has 0 fully saturated rings. The van der Waals surface area contributed by atoms with E-state index in [-0.39, 0.29) is 18.1 Å². The van der Waals surface area contributed by atoms with E-state index in [4.69, 9.17) is 4.98 Å². The SMILES string of the molecule is Cc1nc2c(cc1Nc1ncc3c(n1)-c1ccc(C(F)(F)F)cc1NC(=O)C3)CN(C)CC2. The first kappa shape index (κ1) is 21.3. The first-order chi connectivity index (χ1) is 15.7. The lowest BCUT2D eigenvalue weighted by molar-refractivity contribution is -0.137. The zero-order chi connectivity index (χ0) is 23.3. The van der Waals surface area contributed by atoms with E-state index in [1.165, 1.54) is 12.3 Å². The Labute approximate surface area is 188 Å². The van der Waals surface area contributed by atoms with Gasteiger partial charge in [0.15, 0.2) is 0 Å². The molecule has 33 heavy (non-hydrogen) atoms. The number of nitrogens with zero attached hydrogens (tertiary/aromatic N) is 4. The smallest absolute Gasteiger partial charge is 0.325 e. The molecule has 2 aliphatic rings. The molecule has 2 aromatic heterocycles. The van der Waals surface area contributed by atoms with E-state index >= 15 is 0 Å². The summed E-state index contributed by atoms with van der Waals surface area (Å²) in [6, 6.07) is 5.30. The van der Waals surface area contributed by atoms with Crippen molar-refractivity contribution in [3.63, 3.8) is 0 Å². The molecule has 5 rings (SSSR count). The van der Waals surface area contributed by atoms with E-state index in [0.717, 1.165) is 54.3 Å². The predicted octanol–water partition coefficient (Wildman–Crippen LogP) is 4.09. The fourth-order valence-corrected chi connectivity index (χ4v) is 4.19. The number of hydrogen-bond acceptors (Lipinski definition) is 6. The molecule has 0 atom stereocenters. The highest BCUT2D eigenvalue weighted by Crippen LogP contribution is 2.38. The van der Waals surface area contributed by atoms with Crippen LogP contribution in [0.3, 0.4) is 0 Å². The number of nitrogens with one attached hydrogen (secondary N) is 2. The summed E-state index contributed by atoms with van der Waals surface area (Å²) >= 11 is 0. The van der Waals surface area contributed by atoms with Crippen LogP contribution < -0.4 is 10.6 Å². The van der Waals surface area contributed by atoms with Crippen molar-refractivity contribution in [1.29, 1.82) is 0 Å². The van der Waals surface area contributed by atoms with Gasteiger partial charge >= 0.3 is 6.18 Å². The van der Waals surface area contributed by atoms with Crippen LogP contribution in [0.1, 0.15) is 28.1 Å². The number of fused-ring (bicyclic) bond motifs is 4. The average Bonchev–Trinajstić information content (AvgIpc) is 2.88. The van der Waals surface area contributed by atoms with Gasteiger partial charge in [-0.25, -0.2) is 9.97 Å². The number of carbonyl (C=O) groups excluding carboxylic acids is 1. The maximum Gasteiger partial charge on any atom is 0.416 e. The fourth-order valence-electron chi connectivity index (χ4n) is 4.19. The Morgan fingerprint density at radius 1 is 1.15 bits per heavy atom. The Morgan fingerprint density at radius 3 is 2.76 bits per heavy atom. The number of aromatic nitrogens is 3. The Balaban J connectivity index is 1.53. The molecule has 0 aliphatic carbocycles. The van der Waals surface area contributed by atoms with Crippen molar-refractivity contribution in [3.05, 3.63) is 58.5 Å². The van der Waals surface area contributed by atoms with Crippen LogP contribution in [0.15, 0.2) is 30.5 Å². The number of anilines is 3. The van der Waals surface area contributed by atoms with Gasteiger partial charge in [0.25, 0.3) is 0 Å². The van der Waals surface area contributed by atoms with E-state index < -0.39 is 17.6 Å². The first-order valence-corrected chi connectivity index (χ1v) is 10.5. The number of amides is 1. The molecular formula is C23H21F3N6O. The third-order valence-electron chi connectivity index (χ3n) is 5.89. The second-order valence-corrected chi connectivity index (χ2v) is 8.39. The lowest BCUT2D eigenvalue weighted by atomic mass is 10.0. The second kappa shape index (κ2) is 7.80. The minimum atomic E-state index is -4.52. The zero-order valence-electron chi connectivity index (χ0n) is 18.0. The molecule has 0 bridgehead atoms. The molecule has 2 aliphatic heterocycles. The highest BCUT2D eigenvalue weighted by atomic mass is 19.4. The number of pyridine rings is 1. The summed E-state index contributed by atoms with van der Waals surface area (Å²) in [7, 11) is 2.06. The van der Waals surface area contributed by atoms with Crippen molar-refractivity contribution in [1.82, 2.24) is 19.9 Å². The molecule has 1 amide bonds. The molecule has 0 saturated carbocycles. The van der Waals surface area contributed by atoms with E-state index in [0.29, 0.717) is 16.8 Å². The Morgan fingerprint density at radius 2 is 1.97 bits per heavy atom. The van der Waals surface area contributed by atoms with E-state index in [1.807, 2.05) is 13.0 Å². The summed E-state index contributed by atoms with van der Waals surface area (Å²) in [5.74, 6) is -0.138. The summed E-state index contributed by atoms with van der Waals surface area (Å²) in [5, 5.41) is 5.75. The van der Waals surface area contributed by atoms with E-state index in [2.05, 4.69) is 32.5 Å². The minimum absolute atomic E-state index is 0.0303. The van der Waals surface area contributed by atoms with Crippen LogP contribution in [-0.4, -0.2) is 39.4 Å². The molecule has 4 heterocycles. The quantitative estimate of drug-likeness (QED) is 0.607. The third kappa shape index (κ3) is 4.13. The van der Waals surface area contributed by atoms with E-state index in [9.17, 15) is 18.0 Å². The average molecular weight is 454 g/mol. The zero-order valence-corrected chi connectivity index (χ0v) is 18.0. The predicted molar refractivity (Wildman–Crippen MR) is 117 cm³/mol. The molecule has 170 valence electrons. The van der Waals surface area contributed by atoms with Gasteiger partial charge in [-0.3, -0.25) is 9.78 Å². The normalized spacial score (nSPS) is 15.7. The third-order valence-corrected chi connectivity index (χ3v) is 5.89. The van der Waals surface area contributed by atoms with Crippen LogP contribution in [0.2, 0.25) is 0 Å². The van der Waals surface area contributed by atoms with Gasteiger partial charge in [0.1, 0.15) is 0 Å². The number of aryl methyl sites for hydroxylation is 1. The monoisotopic (exact) mass is 454 g/mol. The van der Waals surface area contributed by atoms with Crippen molar-refractivity contribution in [2.45, 2.75) is 32.5 Å². The lowest BCUT2D eigenvalue weighted by Gasteiger charge is -2.25. The summed E-state index contributed by atoms with van der Waals surface area (Å²) in [6.45, 7) is 3.66. The summed E-state index contributed by atoms with van der Waals surface area (Å²) in [4.78, 5) is 28.1. The Bertz CT molecular complexity index is 1270. The van der Waals surface area contributed by atoms with Crippen LogP contribution in [-0.2, 0) is 30.4 Å². The first-order valence-electron chi connectivity index (χ1n) is 10.5. The number of alkyl halides is 3. The maximum atomic E-state index is 13.2. The number of hydrogen-bond donors (Lipinski definition) is 2. The molecule has 0 radical (unpaired) electrons. The molecule has 0 saturated heterocycles. The summed E-state index contributed by atoms with van der Waals surface area (Å²) in [6.07, 6.45) is -2.12. The topological polar surface area (TPSA) is 83.0 Å². The molecule has 0 unspecified atom stereocenters. The number of rotatable bonds is 2. The van der Waals surface area contributed by atoms with Crippen LogP contribution in [0.4, 0.5) is 30.5 Å². The highest BCUT2D eigenvalue weighted by Gasteiger charge is 2.32. The second-order valence-electron chi connectivity index (χ2n) is 8.39. The number of halogens is 3. The molecule has 7 nitrogen and oxygen atoms in total. The van der Waals surface area contributed by atoms with Crippen LogP contribution in [0.25, 0.3) is 11.3 Å². The van der Waals surface area contributed by atoms with Crippen molar-refractivity contribution in [2.24, 2.45) is 0 Å². The van der Waals surface area contributed by atoms with Gasteiger partial charge in [-0.1, -0.05) is 6.07 Å². The van der Waals surface area contributed by atoms with Gasteiger partial charge in [0.2, 0.25) is 11.9 Å². The van der Waals surface area contributed by atoms with Gasteiger partial charge in [0, 0.05) is 42.5 Å². The molecule has 3 aromatic rings. The van der Waals surface area contributed by atoms with Gasteiger partial charge in [-0.05, 0) is 37.7 Å². The highest BCUT2D eigenvalue weighted by molar-refractivity contribution is 6.00. The molecule has 2 N–H and O–H groups in total. The van der Waals surface area contributed by atoms with E-state index in [1.54, 1.807) is 0 Å². The Hall–Kier alpha value is -3.53. The maximum absolute atomic E-state index is 13.2. The lowest BCUT2D eigenvalue weighted by Crippen LogP contribution is -2.27. The van der Waals surface area contributed by atoms with Gasteiger partial charge in [-0.2, -0.15) is 13.2 Å².